The molecule has 2 heterocycles. The Morgan fingerprint density at radius 1 is 1.15 bits per heavy atom. The number of ketones is 1. The van der Waals surface area contributed by atoms with Crippen molar-refractivity contribution in [3.05, 3.63) is 76.6 Å². The van der Waals surface area contributed by atoms with Gasteiger partial charge in [0.15, 0.2) is 24.2 Å². The van der Waals surface area contributed by atoms with Gasteiger partial charge in [-0.3, -0.25) is 4.79 Å². The highest BCUT2D eigenvalue weighted by Gasteiger charge is 2.25. The van der Waals surface area contributed by atoms with Crippen molar-refractivity contribution in [1.29, 1.82) is 0 Å². The molecule has 1 aromatic heterocycles. The van der Waals surface area contributed by atoms with E-state index in [0.717, 1.165) is 53.3 Å². The average molecular weight is 448 g/mol. The molecule has 0 saturated carbocycles. The first-order chi connectivity index (χ1) is 16.0. The molecule has 0 saturated heterocycles. The van der Waals surface area contributed by atoms with E-state index in [1.165, 1.54) is 0 Å². The van der Waals surface area contributed by atoms with Gasteiger partial charge in [0, 0.05) is 17.0 Å². The third-order valence-corrected chi connectivity index (χ3v) is 6.62. The summed E-state index contributed by atoms with van der Waals surface area (Å²) in [5.74, 6) is 2.14. The number of hydrogen-bond donors (Lipinski definition) is 1. The van der Waals surface area contributed by atoms with E-state index in [4.69, 9.17) is 14.2 Å². The molecular formula is C27H29NO5. The lowest BCUT2D eigenvalue weighted by Gasteiger charge is -2.27. The molecule has 1 aliphatic heterocycles. The van der Waals surface area contributed by atoms with Crippen molar-refractivity contribution in [1.82, 2.24) is 4.57 Å². The van der Waals surface area contributed by atoms with Gasteiger partial charge in [-0.15, -0.1) is 0 Å². The van der Waals surface area contributed by atoms with Crippen LogP contribution in [0.1, 0.15) is 51.8 Å². The van der Waals surface area contributed by atoms with Crippen LogP contribution in [0, 0.1) is 13.8 Å². The molecule has 0 amide bonds. The molecule has 2 aromatic carbocycles. The molecule has 2 atom stereocenters. The van der Waals surface area contributed by atoms with Crippen LogP contribution in [-0.4, -0.2) is 34.8 Å². The molecule has 33 heavy (non-hydrogen) atoms. The van der Waals surface area contributed by atoms with Crippen molar-refractivity contribution in [2.45, 2.75) is 51.9 Å². The molecule has 3 aromatic rings. The van der Waals surface area contributed by atoms with E-state index < -0.39 is 6.10 Å². The minimum Gasteiger partial charge on any atom is -0.486 e. The molecule has 1 aliphatic carbocycles. The second-order valence-corrected chi connectivity index (χ2v) is 8.84. The number of Topliss-reactive ketones (excluding diaryl/α,β-unsaturated/α-hetero) is 1. The fourth-order valence-electron chi connectivity index (χ4n) is 4.87. The van der Waals surface area contributed by atoms with Crippen molar-refractivity contribution >= 4 is 5.78 Å². The predicted molar refractivity (Wildman–Crippen MR) is 124 cm³/mol. The smallest absolute Gasteiger partial charge is 0.202 e. The Hall–Kier alpha value is -3.25. The van der Waals surface area contributed by atoms with Gasteiger partial charge < -0.3 is 23.9 Å². The fourth-order valence-corrected chi connectivity index (χ4v) is 4.87. The van der Waals surface area contributed by atoms with E-state index in [1.807, 2.05) is 62.4 Å². The van der Waals surface area contributed by atoms with Crippen LogP contribution in [0.15, 0.2) is 48.5 Å². The predicted octanol–water partition coefficient (Wildman–Crippen LogP) is 4.58. The number of aliphatic hydroxyl groups excluding tert-OH is 1. The molecule has 1 N–H and O–H groups in total. The van der Waals surface area contributed by atoms with Gasteiger partial charge in [0.2, 0.25) is 5.78 Å². The summed E-state index contributed by atoms with van der Waals surface area (Å²) in [4.78, 5) is 13.0. The molecule has 5 rings (SSSR count). The zero-order valence-corrected chi connectivity index (χ0v) is 19.0. The molecule has 0 radical (unpaired) electrons. The quantitative estimate of drug-likeness (QED) is 0.561. The zero-order chi connectivity index (χ0) is 22.9. The normalized spacial score (nSPS) is 19.1. The second-order valence-electron chi connectivity index (χ2n) is 8.84. The molecule has 0 bridgehead atoms. The Morgan fingerprint density at radius 3 is 2.82 bits per heavy atom. The first kappa shape index (κ1) is 21.6. The highest BCUT2D eigenvalue weighted by atomic mass is 16.6. The maximum absolute atomic E-state index is 13.0. The van der Waals surface area contributed by atoms with E-state index in [1.54, 1.807) is 0 Å². The monoisotopic (exact) mass is 447 g/mol. The molecule has 6 heteroatoms. The molecule has 6 nitrogen and oxygen atoms in total. The topological polar surface area (TPSA) is 69.9 Å². The Kier molecular flexibility index (Phi) is 5.85. The van der Waals surface area contributed by atoms with Crippen LogP contribution in [0.4, 0.5) is 0 Å². The summed E-state index contributed by atoms with van der Waals surface area (Å²) in [5, 5.41) is 10.3. The number of benzene rings is 2. The minimum absolute atomic E-state index is 0.0345. The van der Waals surface area contributed by atoms with E-state index in [9.17, 15) is 9.90 Å². The Bertz CT molecular complexity index is 1180. The van der Waals surface area contributed by atoms with Gasteiger partial charge in [-0.2, -0.15) is 0 Å². The van der Waals surface area contributed by atoms with Gasteiger partial charge in [0.25, 0.3) is 0 Å². The highest BCUT2D eigenvalue weighted by Crippen LogP contribution is 2.35. The number of carbonyl (C=O) groups excluding carboxylic acids is 1. The van der Waals surface area contributed by atoms with Crippen LogP contribution in [0.5, 0.6) is 17.2 Å². The number of nitrogens with zero attached hydrogens (tertiary/aromatic N) is 1. The highest BCUT2D eigenvalue weighted by molar-refractivity contribution is 5.98. The lowest BCUT2D eigenvalue weighted by Crippen LogP contribution is -2.33. The maximum Gasteiger partial charge on any atom is 0.202 e. The minimum atomic E-state index is -0.454. The van der Waals surface area contributed by atoms with E-state index in [2.05, 4.69) is 4.57 Å². The molecule has 2 unspecified atom stereocenters. The van der Waals surface area contributed by atoms with Gasteiger partial charge in [-0.1, -0.05) is 24.3 Å². The Morgan fingerprint density at radius 2 is 1.97 bits per heavy atom. The number of rotatable bonds is 6. The van der Waals surface area contributed by atoms with Crippen LogP contribution in [0.25, 0.3) is 0 Å². The molecule has 2 aliphatic rings. The summed E-state index contributed by atoms with van der Waals surface area (Å²) in [6.45, 7) is 4.98. The number of hydrogen-bond acceptors (Lipinski definition) is 5. The van der Waals surface area contributed by atoms with Crippen molar-refractivity contribution in [2.24, 2.45) is 0 Å². The fraction of sp³-hybridized carbons (Fsp3) is 0.370. The summed E-state index contributed by atoms with van der Waals surface area (Å²) in [6, 6.07) is 15.3. The van der Waals surface area contributed by atoms with E-state index in [0.29, 0.717) is 24.5 Å². The van der Waals surface area contributed by atoms with Crippen LogP contribution in [0.3, 0.4) is 0 Å². The first-order valence-electron chi connectivity index (χ1n) is 11.5. The maximum atomic E-state index is 13.0. The number of para-hydroxylation sites is 2. The van der Waals surface area contributed by atoms with Gasteiger partial charge in [-0.25, -0.2) is 0 Å². The van der Waals surface area contributed by atoms with Crippen LogP contribution < -0.4 is 14.2 Å². The van der Waals surface area contributed by atoms with Crippen LogP contribution in [-0.2, 0) is 13.0 Å². The zero-order valence-electron chi connectivity index (χ0n) is 19.0. The summed E-state index contributed by atoms with van der Waals surface area (Å²) >= 11 is 0. The van der Waals surface area contributed by atoms with Crippen molar-refractivity contribution in [2.75, 3.05) is 13.2 Å². The summed E-state index contributed by atoms with van der Waals surface area (Å²) in [7, 11) is 0. The number of ether oxygens (including phenoxy) is 3. The van der Waals surface area contributed by atoms with E-state index in [-0.39, 0.29) is 18.5 Å². The number of aliphatic hydroxyl groups is 1. The third-order valence-electron chi connectivity index (χ3n) is 6.62. The molecule has 0 spiro atoms. The average Bonchev–Trinajstić information content (AvgIpc) is 3.11. The van der Waals surface area contributed by atoms with Crippen molar-refractivity contribution in [3.8, 4) is 17.2 Å². The van der Waals surface area contributed by atoms with E-state index >= 15 is 0 Å². The SMILES string of the molecule is Cc1cc(C(=O)COc2cccc3c2CCCC3O)c(C)n1CC1COc2ccccc2O1. The molecule has 172 valence electrons. The van der Waals surface area contributed by atoms with Crippen LogP contribution >= 0.6 is 0 Å². The Labute approximate surface area is 193 Å². The number of aryl methyl sites for hydroxylation is 1. The van der Waals surface area contributed by atoms with Crippen molar-refractivity contribution < 1.29 is 24.1 Å². The van der Waals surface area contributed by atoms with Gasteiger partial charge >= 0.3 is 0 Å². The first-order valence-corrected chi connectivity index (χ1v) is 11.5. The summed E-state index contributed by atoms with van der Waals surface area (Å²) in [6.07, 6.45) is 1.96. The van der Waals surface area contributed by atoms with Gasteiger partial charge in [0.05, 0.1) is 12.6 Å². The standard InChI is InChI=1S/C27H29NO5/c1-17-13-22(18(2)28(17)14-19-15-31-26-10-3-4-11-27(26)33-19)24(30)16-32-25-12-6-7-20-21(25)8-5-9-23(20)29/h3-4,6-7,10-13,19,23,29H,5,8-9,14-16H2,1-2H3. The number of fused-ring (bicyclic) bond motifs is 2. The lowest BCUT2D eigenvalue weighted by molar-refractivity contribution is 0.0777. The largest absolute Gasteiger partial charge is 0.486 e. The lowest BCUT2D eigenvalue weighted by atomic mass is 9.89. The summed E-state index contributed by atoms with van der Waals surface area (Å²) < 4.78 is 20.0. The number of carbonyl (C=O) groups is 1. The Balaban J connectivity index is 1.28. The van der Waals surface area contributed by atoms with Gasteiger partial charge in [-0.05, 0) is 68.5 Å². The second kappa shape index (κ2) is 8.94. The number of aromatic nitrogens is 1. The molecule has 0 fully saturated rings. The van der Waals surface area contributed by atoms with Crippen molar-refractivity contribution in [3.63, 3.8) is 0 Å². The molecular weight excluding hydrogens is 418 g/mol. The van der Waals surface area contributed by atoms with Gasteiger partial charge in [0.1, 0.15) is 12.4 Å². The third kappa shape index (κ3) is 4.23. The summed E-state index contributed by atoms with van der Waals surface area (Å²) in [5.41, 5.74) is 4.49. The van der Waals surface area contributed by atoms with Crippen LogP contribution in [0.2, 0.25) is 0 Å².